The van der Waals surface area contributed by atoms with Crippen LogP contribution >= 0.6 is 0 Å². The van der Waals surface area contributed by atoms with Gasteiger partial charge in [0.1, 0.15) is 12.3 Å². The van der Waals surface area contributed by atoms with Crippen molar-refractivity contribution in [3.8, 4) is 22.8 Å². The topological polar surface area (TPSA) is 107 Å². The Morgan fingerprint density at radius 3 is 2.49 bits per heavy atom. The maximum Gasteiger partial charge on any atom is 0.276 e. The van der Waals surface area contributed by atoms with Gasteiger partial charge in [-0.15, -0.1) is 0 Å². The fraction of sp³-hybridized carbons (Fsp3) is 0.192. The van der Waals surface area contributed by atoms with Crippen LogP contribution in [0.3, 0.4) is 0 Å². The molecule has 0 aliphatic rings. The second-order valence-electron chi connectivity index (χ2n) is 7.65. The number of nitrogens with one attached hydrogen (secondary N) is 1. The Balaban J connectivity index is 1.52. The molecule has 0 fully saturated rings. The maximum atomic E-state index is 13.3. The molecule has 0 saturated heterocycles. The molecule has 4 aromatic rings. The van der Waals surface area contributed by atoms with Crippen molar-refractivity contribution in [2.45, 2.75) is 13.1 Å². The summed E-state index contributed by atoms with van der Waals surface area (Å²) in [5.74, 6) is 1.34. The summed E-state index contributed by atoms with van der Waals surface area (Å²) in [5.41, 5.74) is 1.63. The highest BCUT2D eigenvalue weighted by atomic mass is 16.5. The third kappa shape index (κ3) is 5.89. The van der Waals surface area contributed by atoms with Crippen molar-refractivity contribution in [3.05, 3.63) is 90.0 Å². The quantitative estimate of drug-likeness (QED) is 0.371. The van der Waals surface area contributed by atoms with Crippen LogP contribution in [0.4, 0.5) is 0 Å². The number of benzene rings is 2. The summed E-state index contributed by atoms with van der Waals surface area (Å²) in [6, 6.07) is 19.7. The van der Waals surface area contributed by atoms with Crippen molar-refractivity contribution in [2.75, 3.05) is 20.8 Å². The van der Waals surface area contributed by atoms with Crippen LogP contribution in [-0.4, -0.2) is 42.6 Å². The molecule has 0 bridgehead atoms. The molecule has 2 heterocycles. The molecule has 0 aliphatic carbocycles. The molecule has 0 unspecified atom stereocenters. The molecule has 35 heavy (non-hydrogen) atoms. The van der Waals surface area contributed by atoms with E-state index < -0.39 is 5.91 Å². The summed E-state index contributed by atoms with van der Waals surface area (Å²) in [7, 11) is 3.09. The van der Waals surface area contributed by atoms with E-state index in [4.69, 9.17) is 18.4 Å². The van der Waals surface area contributed by atoms with E-state index in [1.807, 2.05) is 30.3 Å². The van der Waals surface area contributed by atoms with Crippen molar-refractivity contribution >= 4 is 11.8 Å². The van der Waals surface area contributed by atoms with E-state index in [-0.39, 0.29) is 31.2 Å². The third-order valence-corrected chi connectivity index (χ3v) is 5.28. The van der Waals surface area contributed by atoms with Gasteiger partial charge in [0.25, 0.3) is 5.91 Å². The van der Waals surface area contributed by atoms with Gasteiger partial charge in [0.15, 0.2) is 23.0 Å². The zero-order chi connectivity index (χ0) is 24.6. The number of aromatic nitrogens is 1. The van der Waals surface area contributed by atoms with Gasteiger partial charge in [0, 0.05) is 18.2 Å². The Bertz CT molecular complexity index is 1270. The van der Waals surface area contributed by atoms with Crippen LogP contribution in [0.25, 0.3) is 11.3 Å². The molecule has 2 aromatic heterocycles. The van der Waals surface area contributed by atoms with Gasteiger partial charge in [-0.05, 0) is 35.9 Å². The van der Waals surface area contributed by atoms with Gasteiger partial charge in [-0.2, -0.15) is 0 Å². The minimum Gasteiger partial charge on any atom is -0.493 e. The SMILES string of the molecule is COc1ccc(-c2cc(C(=O)N(CC(=O)NCc3ccco3)Cc3ccccc3)no2)cc1OC. The van der Waals surface area contributed by atoms with Crippen molar-refractivity contribution in [1.29, 1.82) is 0 Å². The lowest BCUT2D eigenvalue weighted by Gasteiger charge is -2.21. The van der Waals surface area contributed by atoms with E-state index in [0.717, 1.165) is 5.56 Å². The van der Waals surface area contributed by atoms with E-state index in [1.165, 1.54) is 18.3 Å². The number of rotatable bonds is 10. The van der Waals surface area contributed by atoms with Crippen LogP contribution in [0.5, 0.6) is 11.5 Å². The van der Waals surface area contributed by atoms with E-state index in [2.05, 4.69) is 10.5 Å². The number of carbonyl (C=O) groups is 2. The standard InChI is InChI=1S/C26H25N3O6/c1-32-22-11-10-19(13-24(22)33-2)23-14-21(28-35-23)26(31)29(16-18-7-4-3-5-8-18)17-25(30)27-15-20-9-6-12-34-20/h3-14H,15-17H2,1-2H3,(H,27,30). The van der Waals surface area contributed by atoms with Crippen LogP contribution in [0.1, 0.15) is 21.8 Å². The van der Waals surface area contributed by atoms with Gasteiger partial charge in [-0.1, -0.05) is 35.5 Å². The largest absolute Gasteiger partial charge is 0.493 e. The van der Waals surface area contributed by atoms with Crippen LogP contribution < -0.4 is 14.8 Å². The van der Waals surface area contributed by atoms with Gasteiger partial charge >= 0.3 is 0 Å². The first kappa shape index (κ1) is 23.6. The first-order valence-electron chi connectivity index (χ1n) is 10.9. The number of ether oxygens (including phenoxy) is 2. The van der Waals surface area contributed by atoms with Gasteiger partial charge in [-0.3, -0.25) is 9.59 Å². The second kappa shape index (κ2) is 11.1. The lowest BCUT2D eigenvalue weighted by atomic mass is 10.1. The zero-order valence-corrected chi connectivity index (χ0v) is 19.4. The lowest BCUT2D eigenvalue weighted by molar-refractivity contribution is -0.122. The molecular weight excluding hydrogens is 450 g/mol. The van der Waals surface area contributed by atoms with E-state index in [0.29, 0.717) is 28.6 Å². The van der Waals surface area contributed by atoms with Gasteiger partial charge in [0.05, 0.1) is 27.0 Å². The molecule has 4 rings (SSSR count). The molecule has 180 valence electrons. The molecule has 0 spiro atoms. The number of amides is 2. The Hall–Kier alpha value is -4.53. The van der Waals surface area contributed by atoms with Crippen LogP contribution in [0, 0.1) is 0 Å². The highest BCUT2D eigenvalue weighted by molar-refractivity contribution is 5.95. The smallest absolute Gasteiger partial charge is 0.276 e. The summed E-state index contributed by atoms with van der Waals surface area (Å²) < 4.78 is 21.3. The van der Waals surface area contributed by atoms with Gasteiger partial charge < -0.3 is 28.6 Å². The molecule has 9 nitrogen and oxygen atoms in total. The molecule has 9 heteroatoms. The average molecular weight is 476 g/mol. The number of hydrogen-bond acceptors (Lipinski definition) is 7. The van der Waals surface area contributed by atoms with Crippen molar-refractivity contribution < 1.29 is 28.0 Å². The van der Waals surface area contributed by atoms with Crippen molar-refractivity contribution in [2.24, 2.45) is 0 Å². The number of carbonyl (C=O) groups excluding carboxylic acids is 2. The Morgan fingerprint density at radius 1 is 0.971 bits per heavy atom. The predicted octanol–water partition coefficient (Wildman–Crippen LogP) is 3.91. The maximum absolute atomic E-state index is 13.3. The lowest BCUT2D eigenvalue weighted by Crippen LogP contribution is -2.40. The molecule has 0 radical (unpaired) electrons. The number of methoxy groups -OCH3 is 2. The number of hydrogen-bond donors (Lipinski definition) is 1. The average Bonchev–Trinajstić information content (AvgIpc) is 3.59. The predicted molar refractivity (Wildman–Crippen MR) is 127 cm³/mol. The molecule has 1 N–H and O–H groups in total. The second-order valence-corrected chi connectivity index (χ2v) is 7.65. The Labute approximate surface area is 202 Å². The van der Waals surface area contributed by atoms with E-state index in [1.54, 1.807) is 43.5 Å². The molecular formula is C26H25N3O6. The van der Waals surface area contributed by atoms with Crippen molar-refractivity contribution in [3.63, 3.8) is 0 Å². The molecule has 0 saturated carbocycles. The first-order chi connectivity index (χ1) is 17.1. The fourth-order valence-electron chi connectivity index (χ4n) is 3.49. The summed E-state index contributed by atoms with van der Waals surface area (Å²) in [4.78, 5) is 27.4. The molecule has 2 aromatic carbocycles. The van der Waals surface area contributed by atoms with E-state index >= 15 is 0 Å². The third-order valence-electron chi connectivity index (χ3n) is 5.28. The summed E-state index contributed by atoms with van der Waals surface area (Å²) in [6.45, 7) is 0.298. The highest BCUT2D eigenvalue weighted by Gasteiger charge is 2.23. The minimum absolute atomic E-state index is 0.0875. The molecule has 2 amide bonds. The molecule has 0 aliphatic heterocycles. The normalized spacial score (nSPS) is 10.6. The highest BCUT2D eigenvalue weighted by Crippen LogP contribution is 2.32. The minimum atomic E-state index is -0.433. The van der Waals surface area contributed by atoms with Crippen LogP contribution in [-0.2, 0) is 17.9 Å². The molecule has 0 atom stereocenters. The summed E-state index contributed by atoms with van der Waals surface area (Å²) in [5, 5.41) is 6.73. The van der Waals surface area contributed by atoms with Crippen LogP contribution in [0.15, 0.2) is 81.9 Å². The Morgan fingerprint density at radius 2 is 1.77 bits per heavy atom. The van der Waals surface area contributed by atoms with Crippen molar-refractivity contribution in [1.82, 2.24) is 15.4 Å². The monoisotopic (exact) mass is 475 g/mol. The first-order valence-corrected chi connectivity index (χ1v) is 10.9. The fourth-order valence-corrected chi connectivity index (χ4v) is 3.49. The van der Waals surface area contributed by atoms with Crippen LogP contribution in [0.2, 0.25) is 0 Å². The van der Waals surface area contributed by atoms with Gasteiger partial charge in [0.2, 0.25) is 5.91 Å². The summed E-state index contributed by atoms with van der Waals surface area (Å²) in [6.07, 6.45) is 1.54. The summed E-state index contributed by atoms with van der Waals surface area (Å²) >= 11 is 0. The van der Waals surface area contributed by atoms with E-state index in [9.17, 15) is 9.59 Å². The number of furan rings is 1. The number of nitrogens with zero attached hydrogens (tertiary/aromatic N) is 2. The Kier molecular flexibility index (Phi) is 7.47. The van der Waals surface area contributed by atoms with Gasteiger partial charge in [-0.25, -0.2) is 0 Å². The zero-order valence-electron chi connectivity index (χ0n) is 19.4.